The molecule has 150 valence electrons. The first kappa shape index (κ1) is 19.0. The Labute approximate surface area is 165 Å². The average molecular weight is 398 g/mol. The Kier molecular flexibility index (Phi) is 4.96. The van der Waals surface area contributed by atoms with Crippen LogP contribution in [0.1, 0.15) is 30.2 Å². The molecule has 0 aliphatic rings. The molecule has 0 radical (unpaired) electrons. The van der Waals surface area contributed by atoms with Crippen LogP contribution in [0.25, 0.3) is 27.8 Å². The molecule has 0 saturated carbocycles. The predicted octanol–water partition coefficient (Wildman–Crippen LogP) is 3.47. The molecule has 0 fully saturated rings. The molecule has 0 saturated heterocycles. The number of nitrogens with zero attached hydrogens (tertiary/aromatic N) is 4. The Morgan fingerprint density at radius 3 is 2.83 bits per heavy atom. The van der Waals surface area contributed by atoms with E-state index >= 15 is 0 Å². The Hall–Kier alpha value is -3.36. The standard InChI is InChI=1S/C20H20F2N6O/c1-11(2)5-17-23-7-14-13(6-25-19(14)27-17)12-3-4-18-24-8-15(28(18)10-12)20(29)26-9-16(21)22/h3-4,6-8,10-11,16H,5,9H2,1-2H3,(H,26,29)(H,23,25,27). The van der Waals surface area contributed by atoms with Crippen molar-refractivity contribution in [3.05, 3.63) is 48.4 Å². The molecule has 0 aliphatic heterocycles. The zero-order valence-corrected chi connectivity index (χ0v) is 16.0. The van der Waals surface area contributed by atoms with E-state index in [1.54, 1.807) is 22.9 Å². The molecule has 0 spiro atoms. The second-order valence-electron chi connectivity index (χ2n) is 7.24. The van der Waals surface area contributed by atoms with Gasteiger partial charge in [0, 0.05) is 41.5 Å². The van der Waals surface area contributed by atoms with Gasteiger partial charge in [0.05, 0.1) is 12.7 Å². The lowest BCUT2D eigenvalue weighted by Gasteiger charge is -2.06. The summed E-state index contributed by atoms with van der Waals surface area (Å²) in [6.07, 6.45) is 4.94. The number of aromatic nitrogens is 5. The van der Waals surface area contributed by atoms with E-state index in [2.05, 4.69) is 39.1 Å². The lowest BCUT2D eigenvalue weighted by molar-refractivity contribution is 0.0886. The van der Waals surface area contributed by atoms with Crippen molar-refractivity contribution in [1.82, 2.24) is 29.7 Å². The fourth-order valence-corrected chi connectivity index (χ4v) is 3.21. The van der Waals surface area contributed by atoms with E-state index in [0.29, 0.717) is 11.6 Å². The van der Waals surface area contributed by atoms with Crippen molar-refractivity contribution in [1.29, 1.82) is 0 Å². The summed E-state index contributed by atoms with van der Waals surface area (Å²) in [6, 6.07) is 3.65. The largest absolute Gasteiger partial charge is 0.345 e. The van der Waals surface area contributed by atoms with Crippen molar-refractivity contribution in [3.63, 3.8) is 0 Å². The van der Waals surface area contributed by atoms with Crippen molar-refractivity contribution in [2.75, 3.05) is 6.54 Å². The number of hydrogen-bond acceptors (Lipinski definition) is 4. The average Bonchev–Trinajstić information content (AvgIpc) is 3.28. The molecule has 4 aromatic heterocycles. The van der Waals surface area contributed by atoms with Crippen LogP contribution in [0.3, 0.4) is 0 Å². The zero-order chi connectivity index (χ0) is 20.5. The Balaban J connectivity index is 1.71. The Morgan fingerprint density at radius 1 is 1.24 bits per heavy atom. The molecule has 29 heavy (non-hydrogen) atoms. The summed E-state index contributed by atoms with van der Waals surface area (Å²) in [5.41, 5.74) is 3.19. The van der Waals surface area contributed by atoms with Crippen molar-refractivity contribution in [2.45, 2.75) is 26.7 Å². The van der Waals surface area contributed by atoms with Gasteiger partial charge in [-0.2, -0.15) is 0 Å². The van der Waals surface area contributed by atoms with Gasteiger partial charge in [-0.25, -0.2) is 23.7 Å². The van der Waals surface area contributed by atoms with Gasteiger partial charge >= 0.3 is 0 Å². The van der Waals surface area contributed by atoms with E-state index in [4.69, 9.17) is 0 Å². The third-order valence-corrected chi connectivity index (χ3v) is 4.54. The van der Waals surface area contributed by atoms with Gasteiger partial charge in [-0.3, -0.25) is 9.20 Å². The number of amides is 1. The topological polar surface area (TPSA) is 88.0 Å². The number of hydrogen-bond donors (Lipinski definition) is 2. The van der Waals surface area contributed by atoms with Crippen molar-refractivity contribution >= 4 is 22.6 Å². The summed E-state index contributed by atoms with van der Waals surface area (Å²) in [5.74, 6) is 0.639. The number of carbonyl (C=O) groups is 1. The first-order valence-corrected chi connectivity index (χ1v) is 9.29. The van der Waals surface area contributed by atoms with Gasteiger partial charge in [0.15, 0.2) is 0 Å². The summed E-state index contributed by atoms with van der Waals surface area (Å²) in [4.78, 5) is 28.6. The van der Waals surface area contributed by atoms with Gasteiger partial charge in [0.2, 0.25) is 0 Å². The maximum atomic E-state index is 12.4. The summed E-state index contributed by atoms with van der Waals surface area (Å²) in [7, 11) is 0. The number of fused-ring (bicyclic) bond motifs is 2. The molecule has 0 atom stereocenters. The summed E-state index contributed by atoms with van der Waals surface area (Å²) in [6.45, 7) is 3.52. The highest BCUT2D eigenvalue weighted by Gasteiger charge is 2.16. The highest BCUT2D eigenvalue weighted by atomic mass is 19.3. The number of carbonyl (C=O) groups excluding carboxylic acids is 1. The van der Waals surface area contributed by atoms with Crippen LogP contribution < -0.4 is 5.32 Å². The molecule has 0 aromatic carbocycles. The van der Waals surface area contributed by atoms with E-state index in [1.807, 2.05) is 12.3 Å². The van der Waals surface area contributed by atoms with E-state index in [1.165, 1.54) is 6.20 Å². The van der Waals surface area contributed by atoms with Crippen LogP contribution in [0.15, 0.2) is 36.9 Å². The molecule has 4 aromatic rings. The van der Waals surface area contributed by atoms with Gasteiger partial charge in [-0.1, -0.05) is 13.8 Å². The van der Waals surface area contributed by atoms with Crippen LogP contribution in [0.4, 0.5) is 8.78 Å². The van der Waals surface area contributed by atoms with Crippen molar-refractivity contribution in [2.24, 2.45) is 5.92 Å². The van der Waals surface area contributed by atoms with E-state index in [9.17, 15) is 13.6 Å². The summed E-state index contributed by atoms with van der Waals surface area (Å²) < 4.78 is 26.4. The second-order valence-corrected chi connectivity index (χ2v) is 7.24. The molecule has 0 bridgehead atoms. The van der Waals surface area contributed by atoms with Gasteiger partial charge < -0.3 is 10.3 Å². The fraction of sp³-hybridized carbons (Fsp3) is 0.300. The van der Waals surface area contributed by atoms with E-state index in [-0.39, 0.29) is 5.69 Å². The molecule has 0 unspecified atom stereocenters. The number of rotatable bonds is 6. The number of H-pyrrole nitrogens is 1. The number of aromatic amines is 1. The van der Waals surface area contributed by atoms with E-state index in [0.717, 1.165) is 34.4 Å². The molecule has 7 nitrogen and oxygen atoms in total. The van der Waals surface area contributed by atoms with Crippen LogP contribution in [0.5, 0.6) is 0 Å². The first-order valence-electron chi connectivity index (χ1n) is 9.29. The minimum Gasteiger partial charge on any atom is -0.345 e. The molecule has 0 aliphatic carbocycles. The highest BCUT2D eigenvalue weighted by molar-refractivity contribution is 5.95. The highest BCUT2D eigenvalue weighted by Crippen LogP contribution is 2.28. The van der Waals surface area contributed by atoms with Crippen molar-refractivity contribution in [3.8, 4) is 11.1 Å². The van der Waals surface area contributed by atoms with Gasteiger partial charge in [0.25, 0.3) is 12.3 Å². The maximum Gasteiger partial charge on any atom is 0.270 e. The number of imidazole rings is 1. The number of pyridine rings is 1. The third-order valence-electron chi connectivity index (χ3n) is 4.54. The monoisotopic (exact) mass is 398 g/mol. The molecule has 1 amide bonds. The molecule has 9 heteroatoms. The van der Waals surface area contributed by atoms with Crippen LogP contribution in [-0.2, 0) is 6.42 Å². The van der Waals surface area contributed by atoms with Gasteiger partial charge in [-0.15, -0.1) is 0 Å². The maximum absolute atomic E-state index is 12.4. The number of halogens is 2. The summed E-state index contributed by atoms with van der Waals surface area (Å²) in [5, 5.41) is 3.07. The summed E-state index contributed by atoms with van der Waals surface area (Å²) >= 11 is 0. The smallest absolute Gasteiger partial charge is 0.270 e. The quantitative estimate of drug-likeness (QED) is 0.521. The number of alkyl halides is 2. The van der Waals surface area contributed by atoms with E-state index < -0.39 is 18.9 Å². The number of nitrogens with one attached hydrogen (secondary N) is 2. The first-order chi connectivity index (χ1) is 13.9. The molecular weight excluding hydrogens is 378 g/mol. The van der Waals surface area contributed by atoms with Gasteiger partial charge in [-0.05, 0) is 18.1 Å². The second kappa shape index (κ2) is 7.57. The van der Waals surface area contributed by atoms with Gasteiger partial charge in [0.1, 0.15) is 22.8 Å². The fourth-order valence-electron chi connectivity index (χ4n) is 3.21. The zero-order valence-electron chi connectivity index (χ0n) is 16.0. The SMILES string of the molecule is CC(C)Cc1ncc2c(-c3ccc4ncc(C(=O)NCC(F)F)n4c3)c[nH]c2n1. The predicted molar refractivity (Wildman–Crippen MR) is 105 cm³/mol. The normalized spacial score (nSPS) is 11.8. The minimum atomic E-state index is -2.61. The molecule has 4 rings (SSSR count). The molecular formula is C20H20F2N6O. The van der Waals surface area contributed by atoms with Crippen LogP contribution in [0.2, 0.25) is 0 Å². The molecule has 2 N–H and O–H groups in total. The van der Waals surface area contributed by atoms with Crippen LogP contribution >= 0.6 is 0 Å². The minimum absolute atomic E-state index is 0.192. The van der Waals surface area contributed by atoms with Crippen LogP contribution in [-0.4, -0.2) is 43.2 Å². The lowest BCUT2D eigenvalue weighted by Crippen LogP contribution is -2.29. The third kappa shape index (κ3) is 3.80. The Morgan fingerprint density at radius 2 is 2.07 bits per heavy atom. The van der Waals surface area contributed by atoms with Crippen LogP contribution in [0, 0.1) is 5.92 Å². The molecule has 4 heterocycles. The lowest BCUT2D eigenvalue weighted by atomic mass is 10.1. The Bertz CT molecular complexity index is 1180. The van der Waals surface area contributed by atoms with Crippen molar-refractivity contribution < 1.29 is 13.6 Å².